The summed E-state index contributed by atoms with van der Waals surface area (Å²) in [5.41, 5.74) is 3.07. The van der Waals surface area contributed by atoms with E-state index < -0.39 is 6.04 Å². The first kappa shape index (κ1) is 24.4. The second kappa shape index (κ2) is 10.4. The minimum absolute atomic E-state index is 0.166. The van der Waals surface area contributed by atoms with Gasteiger partial charge in [-0.05, 0) is 59.9 Å². The number of fused-ring (bicyclic) bond motifs is 6. The summed E-state index contributed by atoms with van der Waals surface area (Å²) in [5, 5.41) is 2.88. The molecule has 10 heteroatoms. The van der Waals surface area contributed by atoms with Crippen molar-refractivity contribution < 1.29 is 19.1 Å². The van der Waals surface area contributed by atoms with E-state index in [9.17, 15) is 14.4 Å². The van der Waals surface area contributed by atoms with E-state index in [1.54, 1.807) is 17.2 Å². The van der Waals surface area contributed by atoms with Gasteiger partial charge in [-0.15, -0.1) is 0 Å². The molecule has 39 heavy (non-hydrogen) atoms. The van der Waals surface area contributed by atoms with Crippen LogP contribution in [0.3, 0.4) is 0 Å². The number of hydrogen-bond donors (Lipinski definition) is 2. The molecule has 0 radical (unpaired) electrons. The Bertz CT molecular complexity index is 1600. The fourth-order valence-corrected chi connectivity index (χ4v) is 4.93. The van der Waals surface area contributed by atoms with Crippen molar-refractivity contribution in [2.24, 2.45) is 0 Å². The lowest BCUT2D eigenvalue weighted by Crippen LogP contribution is -2.41. The monoisotopic (exact) mass is 523 g/mol. The maximum atomic E-state index is 13.6. The summed E-state index contributed by atoms with van der Waals surface area (Å²) in [7, 11) is 0. The summed E-state index contributed by atoms with van der Waals surface area (Å²) < 4.78 is 12.1. The van der Waals surface area contributed by atoms with E-state index in [0.717, 1.165) is 22.9 Å². The van der Waals surface area contributed by atoms with Gasteiger partial charge in [0, 0.05) is 25.5 Å². The van der Waals surface area contributed by atoms with Crippen molar-refractivity contribution in [1.29, 1.82) is 0 Å². The average molecular weight is 524 g/mol. The van der Waals surface area contributed by atoms with Crippen LogP contribution in [-0.2, 0) is 6.42 Å². The molecule has 3 aliphatic heterocycles. The quantitative estimate of drug-likeness (QED) is 0.392. The minimum atomic E-state index is -0.407. The Labute approximate surface area is 223 Å². The molecule has 196 valence electrons. The summed E-state index contributed by atoms with van der Waals surface area (Å²) in [6.45, 7) is 1.27. The van der Waals surface area contributed by atoms with E-state index in [-0.39, 0.29) is 23.1 Å². The molecular formula is C29H25N5O5. The highest BCUT2D eigenvalue weighted by molar-refractivity contribution is 5.94. The number of nitrogens with one attached hydrogen (secondary N) is 2. The minimum Gasteiger partial charge on any atom is -0.494 e. The van der Waals surface area contributed by atoms with Crippen LogP contribution < -0.4 is 20.3 Å². The van der Waals surface area contributed by atoms with Crippen LogP contribution in [-0.4, -0.2) is 51.4 Å². The highest BCUT2D eigenvalue weighted by atomic mass is 16.5. The van der Waals surface area contributed by atoms with Gasteiger partial charge in [0.2, 0.25) is 0 Å². The maximum absolute atomic E-state index is 13.6. The SMILES string of the molecule is O=C1NCCCOc2cccc(c2)C2c3ccc(cc3CCN2C(=O)c2c[nH]c(=O)cn2)Oc2cncc1c2. The number of carbonyl (C=O) groups excluding carboxylic acids is 2. The summed E-state index contributed by atoms with van der Waals surface area (Å²) in [6.07, 6.45) is 6.72. The molecule has 0 fully saturated rings. The van der Waals surface area contributed by atoms with E-state index >= 15 is 0 Å². The second-order valence-electron chi connectivity index (χ2n) is 9.35. The zero-order valence-electron chi connectivity index (χ0n) is 20.9. The number of nitrogens with zero attached hydrogens (tertiary/aromatic N) is 3. The van der Waals surface area contributed by atoms with Gasteiger partial charge in [0.15, 0.2) is 0 Å². The van der Waals surface area contributed by atoms with Crippen molar-refractivity contribution >= 4 is 11.8 Å². The number of ether oxygens (including phenoxy) is 2. The lowest BCUT2D eigenvalue weighted by molar-refractivity contribution is 0.0687. The normalized spacial score (nSPS) is 16.8. The first-order valence-corrected chi connectivity index (χ1v) is 12.7. The molecule has 2 aromatic carbocycles. The molecule has 5 heterocycles. The van der Waals surface area contributed by atoms with E-state index in [1.165, 1.54) is 12.4 Å². The van der Waals surface area contributed by atoms with E-state index in [2.05, 4.69) is 20.3 Å². The molecule has 8 bridgehead atoms. The third-order valence-corrected chi connectivity index (χ3v) is 6.76. The lowest BCUT2D eigenvalue weighted by Gasteiger charge is -2.38. The largest absolute Gasteiger partial charge is 0.494 e. The fraction of sp³-hybridized carbons (Fsp3) is 0.207. The predicted molar refractivity (Wildman–Crippen MR) is 141 cm³/mol. The van der Waals surface area contributed by atoms with Crippen molar-refractivity contribution in [3.05, 3.63) is 112 Å². The first-order chi connectivity index (χ1) is 19.0. The Morgan fingerprint density at radius 3 is 2.79 bits per heavy atom. The molecular weight excluding hydrogens is 498 g/mol. The fourth-order valence-electron chi connectivity index (χ4n) is 4.93. The highest BCUT2D eigenvalue weighted by Crippen LogP contribution is 2.39. The van der Waals surface area contributed by atoms with Crippen LogP contribution in [0.1, 0.15) is 50.0 Å². The van der Waals surface area contributed by atoms with Gasteiger partial charge in [0.1, 0.15) is 22.9 Å². The second-order valence-corrected chi connectivity index (χ2v) is 9.35. The van der Waals surface area contributed by atoms with Gasteiger partial charge in [-0.2, -0.15) is 0 Å². The van der Waals surface area contributed by atoms with Gasteiger partial charge in [0.25, 0.3) is 17.4 Å². The Balaban J connectivity index is 1.43. The molecule has 1 atom stereocenters. The number of aromatic amines is 1. The zero-order chi connectivity index (χ0) is 26.8. The van der Waals surface area contributed by atoms with Gasteiger partial charge >= 0.3 is 0 Å². The van der Waals surface area contributed by atoms with Crippen LogP contribution >= 0.6 is 0 Å². The van der Waals surface area contributed by atoms with Crippen LogP contribution in [0.15, 0.2) is 78.1 Å². The molecule has 0 saturated heterocycles. The van der Waals surface area contributed by atoms with Gasteiger partial charge in [-0.3, -0.25) is 19.4 Å². The van der Waals surface area contributed by atoms with Crippen LogP contribution in [0.25, 0.3) is 0 Å². The van der Waals surface area contributed by atoms with Gasteiger partial charge in [0.05, 0.1) is 30.6 Å². The molecule has 2 amide bonds. The number of H-pyrrole nitrogens is 1. The van der Waals surface area contributed by atoms with E-state index in [0.29, 0.717) is 55.4 Å². The number of rotatable bonds is 1. The molecule has 1 unspecified atom stereocenters. The zero-order valence-corrected chi connectivity index (χ0v) is 20.9. The number of pyridine rings is 1. The van der Waals surface area contributed by atoms with Crippen LogP contribution in [0.4, 0.5) is 0 Å². The molecule has 7 rings (SSSR count). The third kappa shape index (κ3) is 5.08. The number of amides is 2. The molecule has 4 aromatic rings. The molecule has 0 aliphatic carbocycles. The van der Waals surface area contributed by atoms with Crippen molar-refractivity contribution in [1.82, 2.24) is 25.2 Å². The first-order valence-electron chi connectivity index (χ1n) is 12.7. The highest BCUT2D eigenvalue weighted by Gasteiger charge is 2.34. The third-order valence-electron chi connectivity index (χ3n) is 6.76. The molecule has 2 N–H and O–H groups in total. The number of carbonyl (C=O) groups is 2. The van der Waals surface area contributed by atoms with Crippen molar-refractivity contribution in [2.75, 3.05) is 19.7 Å². The Morgan fingerprint density at radius 1 is 1.00 bits per heavy atom. The topological polar surface area (TPSA) is 127 Å². The average Bonchev–Trinajstić information content (AvgIpc) is 2.96. The number of aromatic nitrogens is 3. The van der Waals surface area contributed by atoms with E-state index in [4.69, 9.17) is 9.47 Å². The molecule has 0 saturated carbocycles. The number of hydrogen-bond acceptors (Lipinski definition) is 7. The molecule has 2 aromatic heterocycles. The summed E-state index contributed by atoms with van der Waals surface area (Å²) in [6, 6.07) is 14.7. The summed E-state index contributed by atoms with van der Waals surface area (Å²) in [5.74, 6) is 1.21. The van der Waals surface area contributed by atoms with Crippen molar-refractivity contribution in [2.45, 2.75) is 18.9 Å². The van der Waals surface area contributed by atoms with Gasteiger partial charge in [-0.25, -0.2) is 4.98 Å². The smallest absolute Gasteiger partial charge is 0.274 e. The molecule has 3 aliphatic rings. The van der Waals surface area contributed by atoms with Crippen molar-refractivity contribution in [3.63, 3.8) is 0 Å². The lowest BCUT2D eigenvalue weighted by atomic mass is 9.87. The Kier molecular flexibility index (Phi) is 6.50. The van der Waals surface area contributed by atoms with E-state index in [1.807, 2.05) is 42.5 Å². The van der Waals surface area contributed by atoms with Crippen molar-refractivity contribution in [3.8, 4) is 17.2 Å². The Hall–Kier alpha value is -4.99. The molecule has 0 spiro atoms. The summed E-state index contributed by atoms with van der Waals surface area (Å²) in [4.78, 5) is 50.3. The predicted octanol–water partition coefficient (Wildman–Crippen LogP) is 3.26. The molecule has 10 nitrogen and oxygen atoms in total. The maximum Gasteiger partial charge on any atom is 0.274 e. The van der Waals surface area contributed by atoms with Gasteiger partial charge in [-0.1, -0.05) is 18.2 Å². The van der Waals surface area contributed by atoms with Crippen LogP contribution in [0.2, 0.25) is 0 Å². The number of benzene rings is 2. The van der Waals surface area contributed by atoms with Gasteiger partial charge < -0.3 is 24.7 Å². The Morgan fingerprint density at radius 2 is 1.92 bits per heavy atom. The van der Waals surface area contributed by atoms with Crippen LogP contribution in [0, 0.1) is 0 Å². The summed E-state index contributed by atoms with van der Waals surface area (Å²) >= 11 is 0. The standard InChI is InChI=1S/C29H25N5O5/c35-26-17-32-25(16-33-26)29(37)34-9-7-18-11-22-5-6-24(18)27(34)19-3-1-4-21(12-19)38-10-2-8-31-28(36)20-13-23(39-22)15-30-14-20/h1,3-6,11-17,27H,2,7-10H2,(H,31,36)(H,33,35). The van der Waals surface area contributed by atoms with Crippen LogP contribution in [0.5, 0.6) is 17.2 Å².